The van der Waals surface area contributed by atoms with Gasteiger partial charge in [-0.3, -0.25) is 0 Å². The molecule has 84 valence electrons. The molecule has 0 radical (unpaired) electrons. The highest BCUT2D eigenvalue weighted by Crippen LogP contribution is 2.27. The van der Waals surface area contributed by atoms with Crippen molar-refractivity contribution in [2.24, 2.45) is 0 Å². The van der Waals surface area contributed by atoms with Gasteiger partial charge in [0, 0.05) is 23.4 Å². The molecular formula is C10H10ClN3OS. The molecule has 0 aliphatic heterocycles. The van der Waals surface area contributed by atoms with Crippen LogP contribution in [0.3, 0.4) is 0 Å². The highest BCUT2D eigenvalue weighted by Gasteiger charge is 2.06. The second kappa shape index (κ2) is 4.76. The number of hydrogen-bond acceptors (Lipinski definition) is 5. The number of aryl methyl sites for hydroxylation is 1. The zero-order valence-corrected chi connectivity index (χ0v) is 10.2. The smallest absolute Gasteiger partial charge is 0.276 e. The average Bonchev–Trinajstić information content (AvgIpc) is 2.66. The van der Waals surface area contributed by atoms with Gasteiger partial charge in [0.1, 0.15) is 0 Å². The van der Waals surface area contributed by atoms with Crippen LogP contribution in [0.25, 0.3) is 0 Å². The van der Waals surface area contributed by atoms with Gasteiger partial charge in [-0.1, -0.05) is 23.4 Å². The van der Waals surface area contributed by atoms with Gasteiger partial charge in [-0.2, -0.15) is 0 Å². The van der Waals surface area contributed by atoms with Gasteiger partial charge in [-0.25, -0.2) is 0 Å². The van der Waals surface area contributed by atoms with Crippen LogP contribution >= 0.6 is 23.4 Å². The molecule has 0 aliphatic rings. The van der Waals surface area contributed by atoms with Crippen LogP contribution in [0.2, 0.25) is 5.02 Å². The van der Waals surface area contributed by atoms with Crippen molar-refractivity contribution in [1.82, 2.24) is 10.2 Å². The van der Waals surface area contributed by atoms with Crippen molar-refractivity contribution >= 4 is 29.1 Å². The zero-order valence-electron chi connectivity index (χ0n) is 8.61. The summed E-state index contributed by atoms with van der Waals surface area (Å²) in [4.78, 5) is 0. The van der Waals surface area contributed by atoms with Crippen LogP contribution in [0.15, 0.2) is 27.8 Å². The van der Waals surface area contributed by atoms with Crippen LogP contribution in [-0.4, -0.2) is 10.2 Å². The molecule has 0 amide bonds. The van der Waals surface area contributed by atoms with Gasteiger partial charge in [0.2, 0.25) is 5.89 Å². The number of rotatable bonds is 3. The first kappa shape index (κ1) is 11.3. The third kappa shape index (κ3) is 2.68. The highest BCUT2D eigenvalue weighted by molar-refractivity contribution is 7.98. The molecule has 0 fully saturated rings. The van der Waals surface area contributed by atoms with Crippen molar-refractivity contribution in [2.75, 3.05) is 5.73 Å². The molecule has 0 saturated heterocycles. The lowest BCUT2D eigenvalue weighted by molar-refractivity contribution is 0.429. The van der Waals surface area contributed by atoms with E-state index in [2.05, 4.69) is 10.2 Å². The van der Waals surface area contributed by atoms with E-state index in [-0.39, 0.29) is 0 Å². The maximum Gasteiger partial charge on any atom is 0.276 e. The molecule has 0 aliphatic carbocycles. The van der Waals surface area contributed by atoms with Gasteiger partial charge in [-0.05, 0) is 23.8 Å². The zero-order chi connectivity index (χ0) is 11.5. The van der Waals surface area contributed by atoms with E-state index in [0.717, 1.165) is 5.56 Å². The van der Waals surface area contributed by atoms with Crippen LogP contribution in [0.1, 0.15) is 11.5 Å². The van der Waals surface area contributed by atoms with E-state index >= 15 is 0 Å². The Balaban J connectivity index is 2.07. The summed E-state index contributed by atoms with van der Waals surface area (Å²) in [5.74, 6) is 1.21. The molecule has 0 saturated carbocycles. The van der Waals surface area contributed by atoms with Crippen LogP contribution < -0.4 is 5.73 Å². The van der Waals surface area contributed by atoms with Crippen molar-refractivity contribution in [2.45, 2.75) is 17.9 Å². The SMILES string of the molecule is Cc1nnc(SCc2cc(N)ccc2Cl)o1. The number of thioether (sulfide) groups is 1. The summed E-state index contributed by atoms with van der Waals surface area (Å²) < 4.78 is 5.24. The maximum absolute atomic E-state index is 6.03. The number of halogens is 1. The van der Waals surface area contributed by atoms with Crippen molar-refractivity contribution in [3.63, 3.8) is 0 Å². The lowest BCUT2D eigenvalue weighted by Gasteiger charge is -2.02. The second-order valence-corrected chi connectivity index (χ2v) is 4.56. The fraction of sp³-hybridized carbons (Fsp3) is 0.200. The van der Waals surface area contributed by atoms with Crippen molar-refractivity contribution in [1.29, 1.82) is 0 Å². The molecule has 1 aromatic carbocycles. The molecule has 1 aromatic heterocycles. The quantitative estimate of drug-likeness (QED) is 0.675. The first-order valence-electron chi connectivity index (χ1n) is 4.62. The van der Waals surface area contributed by atoms with Crippen molar-refractivity contribution in [3.05, 3.63) is 34.7 Å². The number of benzene rings is 1. The summed E-state index contributed by atoms with van der Waals surface area (Å²) in [5, 5.41) is 8.86. The Kier molecular flexibility index (Phi) is 3.36. The summed E-state index contributed by atoms with van der Waals surface area (Å²) in [6.07, 6.45) is 0. The Hall–Kier alpha value is -1.20. The molecule has 0 spiro atoms. The molecule has 2 N–H and O–H groups in total. The van der Waals surface area contributed by atoms with Gasteiger partial charge >= 0.3 is 0 Å². The fourth-order valence-electron chi connectivity index (χ4n) is 1.18. The molecule has 4 nitrogen and oxygen atoms in total. The summed E-state index contributed by atoms with van der Waals surface area (Å²) in [6.45, 7) is 1.75. The van der Waals surface area contributed by atoms with Crippen LogP contribution in [0.4, 0.5) is 5.69 Å². The average molecular weight is 256 g/mol. The Morgan fingerprint density at radius 1 is 1.44 bits per heavy atom. The molecular weight excluding hydrogens is 246 g/mol. The standard InChI is InChI=1S/C10H10ClN3OS/c1-6-13-14-10(15-6)16-5-7-4-8(12)2-3-9(7)11/h2-4H,5,12H2,1H3. The number of aromatic nitrogens is 2. The first-order chi connectivity index (χ1) is 7.65. The number of anilines is 1. The first-order valence-corrected chi connectivity index (χ1v) is 5.98. The van der Waals surface area contributed by atoms with E-state index in [4.69, 9.17) is 21.8 Å². The van der Waals surface area contributed by atoms with Crippen molar-refractivity contribution in [3.8, 4) is 0 Å². The van der Waals surface area contributed by atoms with Crippen LogP contribution in [-0.2, 0) is 5.75 Å². The summed E-state index contributed by atoms with van der Waals surface area (Å²) in [7, 11) is 0. The minimum absolute atomic E-state index is 0.538. The minimum atomic E-state index is 0.538. The minimum Gasteiger partial charge on any atom is -0.416 e. The van der Waals surface area contributed by atoms with E-state index < -0.39 is 0 Å². The van der Waals surface area contributed by atoms with Crippen LogP contribution in [0.5, 0.6) is 0 Å². The van der Waals surface area contributed by atoms with E-state index in [1.165, 1.54) is 11.8 Å². The summed E-state index contributed by atoms with van der Waals surface area (Å²) >= 11 is 7.47. The Morgan fingerprint density at radius 3 is 2.94 bits per heavy atom. The van der Waals surface area contributed by atoms with E-state index in [0.29, 0.717) is 27.6 Å². The van der Waals surface area contributed by atoms with E-state index in [1.54, 1.807) is 19.1 Å². The largest absolute Gasteiger partial charge is 0.416 e. The predicted octanol–water partition coefficient (Wildman–Crippen LogP) is 2.91. The number of hydrogen-bond donors (Lipinski definition) is 1. The molecule has 6 heteroatoms. The Bertz CT molecular complexity index is 501. The molecule has 2 rings (SSSR count). The van der Waals surface area contributed by atoms with Crippen molar-refractivity contribution < 1.29 is 4.42 Å². The molecule has 0 unspecified atom stereocenters. The highest BCUT2D eigenvalue weighted by atomic mass is 35.5. The fourth-order valence-corrected chi connectivity index (χ4v) is 2.24. The normalized spacial score (nSPS) is 10.6. The Morgan fingerprint density at radius 2 is 2.25 bits per heavy atom. The number of nitrogen functional groups attached to an aromatic ring is 1. The number of nitrogens with zero attached hydrogens (tertiary/aromatic N) is 2. The third-order valence-corrected chi connectivity index (χ3v) is 3.16. The molecule has 2 aromatic rings. The molecule has 0 bridgehead atoms. The van der Waals surface area contributed by atoms with Gasteiger partial charge in [0.15, 0.2) is 0 Å². The maximum atomic E-state index is 6.03. The monoisotopic (exact) mass is 255 g/mol. The summed E-state index contributed by atoms with van der Waals surface area (Å²) in [6, 6.07) is 5.40. The third-order valence-electron chi connectivity index (χ3n) is 1.93. The van der Waals surface area contributed by atoms with Gasteiger partial charge < -0.3 is 10.2 Å². The topological polar surface area (TPSA) is 64.9 Å². The van der Waals surface area contributed by atoms with Crippen LogP contribution in [0, 0.1) is 6.92 Å². The Labute approximate surface area is 102 Å². The lowest BCUT2D eigenvalue weighted by atomic mass is 10.2. The van der Waals surface area contributed by atoms with E-state index in [9.17, 15) is 0 Å². The molecule has 1 heterocycles. The predicted molar refractivity (Wildman–Crippen MR) is 64.5 cm³/mol. The lowest BCUT2D eigenvalue weighted by Crippen LogP contribution is -1.88. The molecule has 0 atom stereocenters. The number of nitrogens with two attached hydrogens (primary N) is 1. The van der Waals surface area contributed by atoms with E-state index in [1.807, 2.05) is 6.07 Å². The van der Waals surface area contributed by atoms with Gasteiger partial charge in [-0.15, -0.1) is 10.2 Å². The second-order valence-electron chi connectivity index (χ2n) is 3.23. The van der Waals surface area contributed by atoms with Gasteiger partial charge in [0.05, 0.1) is 0 Å². The van der Waals surface area contributed by atoms with Gasteiger partial charge in [0.25, 0.3) is 5.22 Å². The summed E-state index contributed by atoms with van der Waals surface area (Å²) in [5.41, 5.74) is 7.34. The molecule has 16 heavy (non-hydrogen) atoms.